The smallest absolute Gasteiger partial charge is 0.340 e. The zero-order chi connectivity index (χ0) is 14.7. The number of aryl methyl sites for hydroxylation is 1. The van der Waals surface area contributed by atoms with Gasteiger partial charge in [-0.3, -0.25) is 0 Å². The third-order valence-corrected chi connectivity index (χ3v) is 4.31. The van der Waals surface area contributed by atoms with Gasteiger partial charge in [0.25, 0.3) is 0 Å². The second kappa shape index (κ2) is 6.16. The van der Waals surface area contributed by atoms with E-state index in [9.17, 15) is 4.79 Å². The largest absolute Gasteiger partial charge is 0.465 e. The van der Waals surface area contributed by atoms with Crippen molar-refractivity contribution in [3.63, 3.8) is 0 Å². The number of nitrogens with zero attached hydrogens (tertiary/aromatic N) is 1. The number of esters is 1. The number of anilines is 2. The summed E-state index contributed by atoms with van der Waals surface area (Å²) in [6.45, 7) is 1.93. The first kappa shape index (κ1) is 14.7. The molecule has 1 aromatic rings. The van der Waals surface area contributed by atoms with E-state index in [4.69, 9.17) is 10.5 Å². The molecule has 1 aromatic carbocycles. The minimum Gasteiger partial charge on any atom is -0.465 e. The van der Waals surface area contributed by atoms with Gasteiger partial charge < -0.3 is 15.4 Å². The Morgan fingerprint density at radius 2 is 1.95 bits per heavy atom. The second-order valence-electron chi connectivity index (χ2n) is 5.62. The third-order valence-electron chi connectivity index (χ3n) is 4.31. The van der Waals surface area contributed by atoms with Crippen molar-refractivity contribution in [2.45, 2.75) is 45.1 Å². The Bertz CT molecular complexity index is 493. The maximum atomic E-state index is 11.8. The Morgan fingerprint density at radius 3 is 2.55 bits per heavy atom. The molecule has 0 amide bonds. The molecule has 1 aliphatic carbocycles. The van der Waals surface area contributed by atoms with Gasteiger partial charge in [0.05, 0.1) is 12.7 Å². The number of hydrogen-bond donors (Lipinski definition) is 1. The zero-order valence-electron chi connectivity index (χ0n) is 12.6. The van der Waals surface area contributed by atoms with E-state index in [0.29, 0.717) is 17.3 Å². The number of ether oxygens (including phenoxy) is 1. The first-order valence-electron chi connectivity index (χ1n) is 7.26. The number of benzene rings is 1. The van der Waals surface area contributed by atoms with Gasteiger partial charge in [0.15, 0.2) is 0 Å². The molecular weight excluding hydrogens is 252 g/mol. The first-order valence-corrected chi connectivity index (χ1v) is 7.26. The first-order chi connectivity index (χ1) is 9.54. The standard InChI is InChI=1S/C16H24N2O2/c1-11-9-13(10-14(15(11)17)16(19)20-3)18(2)12-7-5-4-6-8-12/h9-10,12H,4-8,17H2,1-3H3. The van der Waals surface area contributed by atoms with Crippen LogP contribution in [0.5, 0.6) is 0 Å². The predicted molar refractivity (Wildman–Crippen MR) is 82.2 cm³/mol. The summed E-state index contributed by atoms with van der Waals surface area (Å²) in [5.74, 6) is -0.371. The summed E-state index contributed by atoms with van der Waals surface area (Å²) >= 11 is 0. The van der Waals surface area contributed by atoms with Gasteiger partial charge in [0.1, 0.15) is 0 Å². The molecule has 0 bridgehead atoms. The molecule has 0 radical (unpaired) electrons. The van der Waals surface area contributed by atoms with E-state index in [1.165, 1.54) is 39.2 Å². The maximum absolute atomic E-state index is 11.8. The molecule has 0 heterocycles. The number of nitrogen functional groups attached to an aromatic ring is 1. The Labute approximate surface area is 120 Å². The SMILES string of the molecule is COC(=O)c1cc(N(C)C2CCCCC2)cc(C)c1N. The lowest BCUT2D eigenvalue weighted by atomic mass is 9.94. The Hall–Kier alpha value is -1.71. The van der Waals surface area contributed by atoms with Crippen LogP contribution >= 0.6 is 0 Å². The topological polar surface area (TPSA) is 55.6 Å². The van der Waals surface area contributed by atoms with Crippen LogP contribution in [0, 0.1) is 6.92 Å². The third kappa shape index (κ3) is 2.89. The summed E-state index contributed by atoms with van der Waals surface area (Å²) in [6.07, 6.45) is 6.33. The minimum atomic E-state index is -0.371. The summed E-state index contributed by atoms with van der Waals surface area (Å²) in [5, 5.41) is 0. The average molecular weight is 276 g/mol. The summed E-state index contributed by atoms with van der Waals surface area (Å²) in [4.78, 5) is 14.1. The Balaban J connectivity index is 2.31. The van der Waals surface area contributed by atoms with Gasteiger partial charge in [-0.05, 0) is 37.5 Å². The van der Waals surface area contributed by atoms with E-state index in [0.717, 1.165) is 11.3 Å². The monoisotopic (exact) mass is 276 g/mol. The van der Waals surface area contributed by atoms with Crippen LogP contribution in [0.2, 0.25) is 0 Å². The van der Waals surface area contributed by atoms with Crippen molar-refractivity contribution in [2.24, 2.45) is 0 Å². The van der Waals surface area contributed by atoms with Crippen molar-refractivity contribution in [3.8, 4) is 0 Å². The zero-order valence-corrected chi connectivity index (χ0v) is 12.6. The molecule has 0 unspecified atom stereocenters. The van der Waals surface area contributed by atoms with Crippen LogP contribution in [0.3, 0.4) is 0 Å². The van der Waals surface area contributed by atoms with Gasteiger partial charge in [0, 0.05) is 24.5 Å². The fourth-order valence-electron chi connectivity index (χ4n) is 2.94. The lowest BCUT2D eigenvalue weighted by Gasteiger charge is -2.33. The fourth-order valence-corrected chi connectivity index (χ4v) is 2.94. The minimum absolute atomic E-state index is 0.371. The number of methoxy groups -OCH3 is 1. The molecule has 0 aliphatic heterocycles. The van der Waals surface area contributed by atoms with Crippen molar-refractivity contribution >= 4 is 17.3 Å². The quantitative estimate of drug-likeness (QED) is 0.680. The maximum Gasteiger partial charge on any atom is 0.340 e. The predicted octanol–water partition coefficient (Wildman–Crippen LogP) is 3.13. The van der Waals surface area contributed by atoms with Gasteiger partial charge >= 0.3 is 5.97 Å². The van der Waals surface area contributed by atoms with Crippen LogP contribution in [0.15, 0.2) is 12.1 Å². The molecule has 4 heteroatoms. The van der Waals surface area contributed by atoms with Gasteiger partial charge in [-0.1, -0.05) is 19.3 Å². The highest BCUT2D eigenvalue weighted by molar-refractivity contribution is 5.97. The van der Waals surface area contributed by atoms with Crippen molar-refractivity contribution in [3.05, 3.63) is 23.3 Å². The fraction of sp³-hybridized carbons (Fsp3) is 0.562. The summed E-state index contributed by atoms with van der Waals surface area (Å²) < 4.78 is 4.81. The van der Waals surface area contributed by atoms with Gasteiger partial charge in [0.2, 0.25) is 0 Å². The van der Waals surface area contributed by atoms with Crippen LogP contribution in [0.1, 0.15) is 48.0 Å². The van der Waals surface area contributed by atoms with E-state index >= 15 is 0 Å². The second-order valence-corrected chi connectivity index (χ2v) is 5.62. The van der Waals surface area contributed by atoms with Crippen LogP contribution in [0.4, 0.5) is 11.4 Å². The molecule has 2 N–H and O–H groups in total. The molecule has 110 valence electrons. The van der Waals surface area contributed by atoms with Crippen LogP contribution in [0.25, 0.3) is 0 Å². The van der Waals surface area contributed by atoms with Crippen molar-refractivity contribution in [1.29, 1.82) is 0 Å². The van der Waals surface area contributed by atoms with Crippen LogP contribution in [-0.4, -0.2) is 26.2 Å². The molecule has 0 spiro atoms. The average Bonchev–Trinajstić information content (AvgIpc) is 2.49. The van der Waals surface area contributed by atoms with Crippen molar-refractivity contribution < 1.29 is 9.53 Å². The number of nitrogens with two attached hydrogens (primary N) is 1. The number of carbonyl (C=O) groups is 1. The van der Waals surface area contributed by atoms with Crippen LogP contribution in [-0.2, 0) is 4.74 Å². The van der Waals surface area contributed by atoms with E-state index in [2.05, 4.69) is 18.0 Å². The lowest BCUT2D eigenvalue weighted by molar-refractivity contribution is 0.0602. The molecule has 20 heavy (non-hydrogen) atoms. The van der Waals surface area contributed by atoms with Crippen molar-refractivity contribution in [1.82, 2.24) is 0 Å². The molecule has 2 rings (SSSR count). The van der Waals surface area contributed by atoms with E-state index in [1.807, 2.05) is 13.0 Å². The molecule has 0 aromatic heterocycles. The summed E-state index contributed by atoms with van der Waals surface area (Å²) in [5.41, 5.74) is 8.93. The molecule has 4 nitrogen and oxygen atoms in total. The normalized spacial score (nSPS) is 15.9. The number of rotatable bonds is 3. The van der Waals surface area contributed by atoms with Crippen molar-refractivity contribution in [2.75, 3.05) is 24.8 Å². The van der Waals surface area contributed by atoms with E-state index < -0.39 is 0 Å². The van der Waals surface area contributed by atoms with Gasteiger partial charge in [-0.25, -0.2) is 4.79 Å². The molecule has 1 saturated carbocycles. The highest BCUT2D eigenvalue weighted by Gasteiger charge is 2.21. The molecule has 0 atom stereocenters. The van der Waals surface area contributed by atoms with Gasteiger partial charge in [-0.15, -0.1) is 0 Å². The summed E-state index contributed by atoms with van der Waals surface area (Å²) in [6, 6.07) is 4.45. The molecule has 1 fully saturated rings. The lowest BCUT2D eigenvalue weighted by Crippen LogP contribution is -2.33. The molecule has 1 aliphatic rings. The Kier molecular flexibility index (Phi) is 4.53. The Morgan fingerprint density at radius 1 is 1.30 bits per heavy atom. The summed E-state index contributed by atoms with van der Waals surface area (Å²) in [7, 11) is 3.48. The highest BCUT2D eigenvalue weighted by Crippen LogP contribution is 2.30. The number of carbonyl (C=O) groups excluding carboxylic acids is 1. The number of hydrogen-bond acceptors (Lipinski definition) is 4. The highest BCUT2D eigenvalue weighted by atomic mass is 16.5. The van der Waals surface area contributed by atoms with E-state index in [1.54, 1.807) is 0 Å². The molecular formula is C16H24N2O2. The molecule has 0 saturated heterocycles. The van der Waals surface area contributed by atoms with Gasteiger partial charge in [-0.2, -0.15) is 0 Å². The van der Waals surface area contributed by atoms with E-state index in [-0.39, 0.29) is 5.97 Å². The van der Waals surface area contributed by atoms with Crippen LogP contribution < -0.4 is 10.6 Å².